The summed E-state index contributed by atoms with van der Waals surface area (Å²) in [6.45, 7) is 0. The minimum atomic E-state index is -0.418. The second-order valence-corrected chi connectivity index (χ2v) is 3.50. The maximum Gasteiger partial charge on any atom is 0.136 e. The van der Waals surface area contributed by atoms with Crippen LogP contribution in [0.4, 0.5) is 4.39 Å². The first-order chi connectivity index (χ1) is 7.81. The lowest BCUT2D eigenvalue weighted by atomic mass is 10.1. The number of rotatable bonds is 0. The van der Waals surface area contributed by atoms with Crippen molar-refractivity contribution in [3.8, 4) is 6.07 Å². The molecule has 0 bridgehead atoms. The zero-order valence-corrected chi connectivity index (χ0v) is 8.16. The number of aromatic amines is 1. The van der Waals surface area contributed by atoms with Gasteiger partial charge in [-0.1, -0.05) is 0 Å². The lowest BCUT2D eigenvalue weighted by Crippen LogP contribution is -1.84. The Morgan fingerprint density at radius 1 is 1.44 bits per heavy atom. The molecule has 2 heterocycles. The van der Waals surface area contributed by atoms with E-state index in [1.54, 1.807) is 6.20 Å². The number of nitriles is 1. The van der Waals surface area contributed by atoms with Crippen molar-refractivity contribution >= 4 is 21.8 Å². The number of H-pyrrole nitrogens is 1. The van der Waals surface area contributed by atoms with E-state index in [4.69, 9.17) is 5.26 Å². The Hall–Kier alpha value is -2.41. The van der Waals surface area contributed by atoms with E-state index in [9.17, 15) is 4.39 Å². The van der Waals surface area contributed by atoms with Crippen molar-refractivity contribution in [3.05, 3.63) is 42.0 Å². The molecular formula is C12H6FN3. The van der Waals surface area contributed by atoms with Gasteiger partial charge in [0.15, 0.2) is 0 Å². The van der Waals surface area contributed by atoms with Crippen molar-refractivity contribution in [1.82, 2.24) is 9.97 Å². The first kappa shape index (κ1) is 8.86. The molecule has 0 amide bonds. The molecule has 3 aromatic rings. The van der Waals surface area contributed by atoms with Crippen molar-refractivity contribution in [2.45, 2.75) is 0 Å². The molecule has 0 fully saturated rings. The van der Waals surface area contributed by atoms with Gasteiger partial charge in [0.25, 0.3) is 0 Å². The van der Waals surface area contributed by atoms with Crippen molar-refractivity contribution < 1.29 is 4.39 Å². The van der Waals surface area contributed by atoms with Gasteiger partial charge < -0.3 is 4.98 Å². The summed E-state index contributed by atoms with van der Waals surface area (Å²) >= 11 is 0. The minimum Gasteiger partial charge on any atom is -0.361 e. The molecule has 3 rings (SSSR count). The zero-order chi connectivity index (χ0) is 11.1. The maximum atomic E-state index is 13.8. The summed E-state index contributed by atoms with van der Waals surface area (Å²) in [6, 6.07) is 7.00. The highest BCUT2D eigenvalue weighted by molar-refractivity contribution is 6.06. The number of fused-ring (bicyclic) bond motifs is 3. The lowest BCUT2D eigenvalue weighted by Gasteiger charge is -2.00. The summed E-state index contributed by atoms with van der Waals surface area (Å²) < 4.78 is 13.8. The number of nitrogens with one attached hydrogen (secondary N) is 1. The van der Waals surface area contributed by atoms with Gasteiger partial charge in [-0.25, -0.2) is 4.39 Å². The molecule has 2 aromatic heterocycles. The van der Waals surface area contributed by atoms with Crippen LogP contribution < -0.4 is 0 Å². The molecule has 76 valence electrons. The van der Waals surface area contributed by atoms with Gasteiger partial charge in [-0.15, -0.1) is 0 Å². The topological polar surface area (TPSA) is 52.5 Å². The van der Waals surface area contributed by atoms with E-state index in [0.717, 1.165) is 5.39 Å². The summed E-state index contributed by atoms with van der Waals surface area (Å²) in [4.78, 5) is 7.04. The Bertz CT molecular complexity index is 737. The highest BCUT2D eigenvalue weighted by atomic mass is 19.1. The molecule has 0 spiro atoms. The Balaban J connectivity index is 2.62. The third-order valence-corrected chi connectivity index (χ3v) is 2.60. The summed E-state index contributed by atoms with van der Waals surface area (Å²) in [6.07, 6.45) is 3.13. The van der Waals surface area contributed by atoms with Gasteiger partial charge in [-0.2, -0.15) is 5.26 Å². The van der Waals surface area contributed by atoms with E-state index in [1.807, 2.05) is 18.2 Å². The SMILES string of the molecule is N#Cc1cnc2c1c(F)cc1[nH]cccc12. The molecule has 0 radical (unpaired) electrons. The Morgan fingerprint density at radius 3 is 3.12 bits per heavy atom. The van der Waals surface area contributed by atoms with Crippen LogP contribution in [0.2, 0.25) is 0 Å². The predicted octanol–water partition coefficient (Wildman–Crippen LogP) is 2.73. The van der Waals surface area contributed by atoms with Gasteiger partial charge in [-0.3, -0.25) is 4.98 Å². The number of benzene rings is 1. The minimum absolute atomic E-state index is 0.276. The quantitative estimate of drug-likeness (QED) is 0.621. The standard InChI is InChI=1S/C12H6FN3/c13-9-4-10-8(2-1-3-15-10)12-11(9)7(5-14)6-16-12/h1-4,6,15H. The van der Waals surface area contributed by atoms with Crippen molar-refractivity contribution in [1.29, 1.82) is 5.26 Å². The van der Waals surface area contributed by atoms with Crippen LogP contribution in [-0.4, -0.2) is 9.97 Å². The van der Waals surface area contributed by atoms with Crippen molar-refractivity contribution in [2.24, 2.45) is 0 Å². The van der Waals surface area contributed by atoms with Gasteiger partial charge in [0.2, 0.25) is 0 Å². The van der Waals surface area contributed by atoms with Gasteiger partial charge in [-0.05, 0) is 18.2 Å². The third-order valence-electron chi connectivity index (χ3n) is 2.60. The fourth-order valence-electron chi connectivity index (χ4n) is 1.89. The second kappa shape index (κ2) is 3.04. The molecule has 0 saturated heterocycles. The highest BCUT2D eigenvalue weighted by Gasteiger charge is 2.12. The molecule has 1 N–H and O–H groups in total. The Morgan fingerprint density at radius 2 is 2.31 bits per heavy atom. The van der Waals surface area contributed by atoms with Crippen LogP contribution in [0.5, 0.6) is 0 Å². The highest BCUT2D eigenvalue weighted by Crippen LogP contribution is 2.28. The first-order valence-corrected chi connectivity index (χ1v) is 4.75. The summed E-state index contributed by atoms with van der Waals surface area (Å²) in [5.74, 6) is -0.418. The third kappa shape index (κ3) is 1.03. The summed E-state index contributed by atoms with van der Waals surface area (Å²) in [5, 5.41) is 9.98. The fraction of sp³-hybridized carbons (Fsp3) is 0. The van der Waals surface area contributed by atoms with Crippen LogP contribution in [0.25, 0.3) is 21.8 Å². The number of halogens is 1. The summed E-state index contributed by atoms with van der Waals surface area (Å²) in [7, 11) is 0. The number of hydrogen-bond acceptors (Lipinski definition) is 2. The van der Waals surface area contributed by atoms with Crippen LogP contribution in [-0.2, 0) is 0 Å². The van der Waals surface area contributed by atoms with Gasteiger partial charge in [0.1, 0.15) is 11.9 Å². The molecule has 3 nitrogen and oxygen atoms in total. The largest absolute Gasteiger partial charge is 0.361 e. The molecule has 0 aliphatic rings. The average Bonchev–Trinajstić information content (AvgIpc) is 2.74. The molecule has 0 aliphatic carbocycles. The molecule has 4 heteroatoms. The predicted molar refractivity (Wildman–Crippen MR) is 58.3 cm³/mol. The molecule has 16 heavy (non-hydrogen) atoms. The van der Waals surface area contributed by atoms with E-state index in [0.29, 0.717) is 16.4 Å². The van der Waals surface area contributed by atoms with Crippen molar-refractivity contribution in [3.63, 3.8) is 0 Å². The van der Waals surface area contributed by atoms with Gasteiger partial charge in [0.05, 0.1) is 22.0 Å². The number of hydrogen-bond donors (Lipinski definition) is 1. The van der Waals surface area contributed by atoms with E-state index >= 15 is 0 Å². The monoisotopic (exact) mass is 211 g/mol. The van der Waals surface area contributed by atoms with Crippen LogP contribution in [0, 0.1) is 17.1 Å². The molecule has 0 unspecified atom stereocenters. The van der Waals surface area contributed by atoms with Crippen LogP contribution >= 0.6 is 0 Å². The number of nitrogens with zero attached hydrogens (tertiary/aromatic N) is 2. The average molecular weight is 211 g/mol. The number of pyridine rings is 1. The molecule has 0 aliphatic heterocycles. The fourth-order valence-corrected chi connectivity index (χ4v) is 1.89. The van der Waals surface area contributed by atoms with Crippen LogP contribution in [0.15, 0.2) is 30.6 Å². The Kier molecular flexibility index (Phi) is 1.68. The van der Waals surface area contributed by atoms with E-state index in [1.165, 1.54) is 12.3 Å². The molecular weight excluding hydrogens is 205 g/mol. The molecule has 1 aromatic carbocycles. The summed E-state index contributed by atoms with van der Waals surface area (Å²) in [5.41, 5.74) is 1.48. The smallest absolute Gasteiger partial charge is 0.136 e. The normalized spacial score (nSPS) is 10.8. The molecule has 0 saturated carbocycles. The maximum absolute atomic E-state index is 13.8. The van der Waals surface area contributed by atoms with Crippen LogP contribution in [0.1, 0.15) is 5.56 Å². The Labute approximate surface area is 90.1 Å². The van der Waals surface area contributed by atoms with E-state index in [2.05, 4.69) is 9.97 Å². The lowest BCUT2D eigenvalue weighted by molar-refractivity contribution is 0.641. The van der Waals surface area contributed by atoms with Gasteiger partial charge >= 0.3 is 0 Å². The zero-order valence-electron chi connectivity index (χ0n) is 8.16. The van der Waals surface area contributed by atoms with E-state index < -0.39 is 5.82 Å². The first-order valence-electron chi connectivity index (χ1n) is 4.75. The van der Waals surface area contributed by atoms with Gasteiger partial charge in [0, 0.05) is 17.8 Å². The second-order valence-electron chi connectivity index (χ2n) is 3.50. The molecule has 0 atom stereocenters. The van der Waals surface area contributed by atoms with Crippen molar-refractivity contribution in [2.75, 3.05) is 0 Å². The number of aromatic nitrogens is 2. The van der Waals surface area contributed by atoms with Crippen LogP contribution in [0.3, 0.4) is 0 Å². The van der Waals surface area contributed by atoms with E-state index in [-0.39, 0.29) is 5.56 Å².